The van der Waals surface area contributed by atoms with Crippen LogP contribution in [0.5, 0.6) is 0 Å². The predicted molar refractivity (Wildman–Crippen MR) is 36.0 cm³/mol. The molecule has 0 radical (unpaired) electrons. The second-order valence-corrected chi connectivity index (χ2v) is 1.89. The average molecular weight is 293 g/mol. The van der Waals surface area contributed by atoms with Crippen LogP contribution in [0.3, 0.4) is 0 Å². The van der Waals surface area contributed by atoms with E-state index in [0.29, 0.717) is 5.88 Å². The Bertz CT molecular complexity index is 155. The molecule has 1 rings (SSSR count). The van der Waals surface area contributed by atoms with Crippen molar-refractivity contribution in [2.75, 3.05) is 0 Å². The first-order valence-electron chi connectivity index (χ1n) is 2.53. The summed E-state index contributed by atoms with van der Waals surface area (Å²) in [6.07, 6.45) is 0. The van der Waals surface area contributed by atoms with Crippen molar-refractivity contribution in [3.63, 3.8) is 0 Å². The molecular formula is C7H7ClIK. The molecule has 10 heavy (non-hydrogen) atoms. The van der Waals surface area contributed by atoms with Crippen LogP contribution in [0.4, 0.5) is 0 Å². The van der Waals surface area contributed by atoms with Gasteiger partial charge >= 0.3 is 51.4 Å². The average Bonchev–Trinajstić information content (AvgIpc) is 1.90. The summed E-state index contributed by atoms with van der Waals surface area (Å²) in [5, 5.41) is 0. The summed E-state index contributed by atoms with van der Waals surface area (Å²) >= 11 is 5.53. The molecule has 0 aliphatic carbocycles. The van der Waals surface area contributed by atoms with E-state index in [-0.39, 0.29) is 75.4 Å². The Morgan fingerprint density at radius 3 is 1.90 bits per heavy atom. The molecule has 0 aromatic heterocycles. The van der Waals surface area contributed by atoms with Gasteiger partial charge in [0.05, 0.1) is 0 Å². The summed E-state index contributed by atoms with van der Waals surface area (Å²) in [7, 11) is 0. The van der Waals surface area contributed by atoms with Crippen molar-refractivity contribution >= 4 is 11.6 Å². The van der Waals surface area contributed by atoms with Gasteiger partial charge in [0, 0.05) is 5.88 Å². The molecule has 1 aromatic carbocycles. The van der Waals surface area contributed by atoms with Crippen molar-refractivity contribution in [1.29, 1.82) is 0 Å². The maximum atomic E-state index is 5.53. The van der Waals surface area contributed by atoms with Crippen molar-refractivity contribution in [2.24, 2.45) is 0 Å². The number of halogens is 2. The molecule has 0 bridgehead atoms. The fourth-order valence-corrected chi connectivity index (χ4v) is 0.745. The second kappa shape index (κ2) is 8.97. The molecule has 0 spiro atoms. The van der Waals surface area contributed by atoms with Gasteiger partial charge in [-0.05, 0) is 5.56 Å². The van der Waals surface area contributed by atoms with Gasteiger partial charge < -0.3 is 24.0 Å². The zero-order valence-electron chi connectivity index (χ0n) is 5.85. The molecule has 0 nitrogen and oxygen atoms in total. The molecular weight excluding hydrogens is 286 g/mol. The minimum atomic E-state index is 0. The van der Waals surface area contributed by atoms with Crippen LogP contribution in [0.25, 0.3) is 0 Å². The fraction of sp³-hybridized carbons (Fsp3) is 0.143. The van der Waals surface area contributed by atoms with E-state index in [4.69, 9.17) is 11.6 Å². The third-order valence-corrected chi connectivity index (χ3v) is 1.31. The van der Waals surface area contributed by atoms with Crippen LogP contribution in [-0.2, 0) is 5.88 Å². The molecule has 0 unspecified atom stereocenters. The third kappa shape index (κ3) is 5.52. The van der Waals surface area contributed by atoms with Gasteiger partial charge in [-0.3, -0.25) is 0 Å². The first kappa shape index (κ1) is 14.4. The Kier molecular flexibility index (Phi) is 12.9. The minimum absolute atomic E-state index is 0. The summed E-state index contributed by atoms with van der Waals surface area (Å²) in [6, 6.07) is 9.96. The SMILES string of the molecule is ClCc1ccccc1.[I-].[K+]. The maximum absolute atomic E-state index is 5.53. The smallest absolute Gasteiger partial charge is 1.00 e. The van der Waals surface area contributed by atoms with Crippen LogP contribution in [0.15, 0.2) is 30.3 Å². The fourth-order valence-electron chi connectivity index (χ4n) is 0.567. The minimum Gasteiger partial charge on any atom is -1.00 e. The van der Waals surface area contributed by atoms with Crippen molar-refractivity contribution in [3.8, 4) is 0 Å². The molecule has 0 saturated carbocycles. The number of hydrogen-bond acceptors (Lipinski definition) is 0. The van der Waals surface area contributed by atoms with Gasteiger partial charge in [0.1, 0.15) is 0 Å². The third-order valence-electron chi connectivity index (χ3n) is 0.997. The zero-order valence-corrected chi connectivity index (χ0v) is 11.9. The van der Waals surface area contributed by atoms with Gasteiger partial charge in [0.25, 0.3) is 0 Å². The van der Waals surface area contributed by atoms with E-state index in [1.54, 1.807) is 0 Å². The van der Waals surface area contributed by atoms with Crippen molar-refractivity contribution in [1.82, 2.24) is 0 Å². The molecule has 0 N–H and O–H groups in total. The van der Waals surface area contributed by atoms with Gasteiger partial charge in [-0.15, -0.1) is 11.6 Å². The number of rotatable bonds is 1. The largest absolute Gasteiger partial charge is 1.00 e. The van der Waals surface area contributed by atoms with Crippen LogP contribution in [0.1, 0.15) is 5.56 Å². The summed E-state index contributed by atoms with van der Waals surface area (Å²) < 4.78 is 0. The van der Waals surface area contributed by atoms with Crippen molar-refractivity contribution in [2.45, 2.75) is 5.88 Å². The molecule has 0 atom stereocenters. The zero-order chi connectivity index (χ0) is 5.82. The van der Waals surface area contributed by atoms with E-state index < -0.39 is 0 Å². The molecule has 0 aliphatic rings. The van der Waals surface area contributed by atoms with E-state index in [9.17, 15) is 0 Å². The monoisotopic (exact) mass is 292 g/mol. The van der Waals surface area contributed by atoms with Crippen LogP contribution < -0.4 is 75.4 Å². The molecule has 50 valence electrons. The normalized spacial score (nSPS) is 7.30. The van der Waals surface area contributed by atoms with Gasteiger partial charge in [-0.2, -0.15) is 0 Å². The quantitative estimate of drug-likeness (QED) is 0.285. The topological polar surface area (TPSA) is 0 Å². The Morgan fingerprint density at radius 1 is 1.10 bits per heavy atom. The molecule has 0 aliphatic heterocycles. The van der Waals surface area contributed by atoms with Crippen molar-refractivity contribution < 1.29 is 75.4 Å². The van der Waals surface area contributed by atoms with Crippen LogP contribution in [0.2, 0.25) is 0 Å². The first-order chi connectivity index (χ1) is 3.93. The summed E-state index contributed by atoms with van der Waals surface area (Å²) in [5.41, 5.74) is 1.18. The van der Waals surface area contributed by atoms with E-state index >= 15 is 0 Å². The van der Waals surface area contributed by atoms with E-state index in [2.05, 4.69) is 0 Å². The summed E-state index contributed by atoms with van der Waals surface area (Å²) in [4.78, 5) is 0. The Hall–Kier alpha value is 1.88. The Labute approximate surface area is 126 Å². The molecule has 0 saturated heterocycles. The number of alkyl halides is 1. The Morgan fingerprint density at radius 2 is 1.60 bits per heavy atom. The summed E-state index contributed by atoms with van der Waals surface area (Å²) in [6.45, 7) is 0. The van der Waals surface area contributed by atoms with Crippen LogP contribution >= 0.6 is 11.6 Å². The molecule has 0 heterocycles. The first-order valence-corrected chi connectivity index (χ1v) is 3.07. The summed E-state index contributed by atoms with van der Waals surface area (Å²) in [5.74, 6) is 0.612. The van der Waals surface area contributed by atoms with E-state index in [1.165, 1.54) is 5.56 Å². The van der Waals surface area contributed by atoms with Gasteiger partial charge in [0.2, 0.25) is 0 Å². The molecule has 0 amide bonds. The second-order valence-electron chi connectivity index (χ2n) is 1.62. The van der Waals surface area contributed by atoms with E-state index in [1.807, 2.05) is 30.3 Å². The molecule has 3 heteroatoms. The maximum Gasteiger partial charge on any atom is 1.00 e. The molecule has 1 aromatic rings. The standard InChI is InChI=1S/C7H7Cl.HI.K/c8-6-7-4-2-1-3-5-7;;/h1-5H,6H2;1H;/q;;+1/p-1. The van der Waals surface area contributed by atoms with E-state index in [0.717, 1.165) is 0 Å². The number of benzene rings is 1. The van der Waals surface area contributed by atoms with Gasteiger partial charge in [0.15, 0.2) is 0 Å². The molecule has 0 fully saturated rings. The van der Waals surface area contributed by atoms with Crippen molar-refractivity contribution in [3.05, 3.63) is 35.9 Å². The number of hydrogen-bond donors (Lipinski definition) is 0. The Balaban J connectivity index is 0. The predicted octanol–water partition coefficient (Wildman–Crippen LogP) is -3.57. The van der Waals surface area contributed by atoms with Gasteiger partial charge in [-0.25, -0.2) is 0 Å². The van der Waals surface area contributed by atoms with Crippen LogP contribution in [0, 0.1) is 0 Å². The van der Waals surface area contributed by atoms with Crippen LogP contribution in [-0.4, -0.2) is 0 Å². The van der Waals surface area contributed by atoms with Gasteiger partial charge in [-0.1, -0.05) is 30.3 Å².